The van der Waals surface area contributed by atoms with E-state index in [2.05, 4.69) is 0 Å². The number of primary amides is 1. The summed E-state index contributed by atoms with van der Waals surface area (Å²) in [6.07, 6.45) is 3.17. The van der Waals surface area contributed by atoms with E-state index in [0.717, 1.165) is 25.7 Å². The van der Waals surface area contributed by atoms with Gasteiger partial charge >= 0.3 is 0 Å². The number of rotatable bonds is 2. The van der Waals surface area contributed by atoms with Crippen molar-refractivity contribution < 1.29 is 9.59 Å². The Balaban J connectivity index is 1.98. The highest BCUT2D eigenvalue weighted by molar-refractivity contribution is 5.89. The number of likely N-dealkylation sites (tertiary alicyclic amines) is 1. The highest BCUT2D eigenvalue weighted by Crippen LogP contribution is 2.35. The smallest absolute Gasteiger partial charge is 0.242 e. The lowest BCUT2D eigenvalue weighted by Gasteiger charge is -2.33. The maximum atomic E-state index is 11.9. The fourth-order valence-electron chi connectivity index (χ4n) is 2.06. The Hall–Kier alpha value is -1.10. The predicted molar refractivity (Wildman–Crippen MR) is 54.7 cm³/mol. The van der Waals surface area contributed by atoms with Crippen LogP contribution in [0.15, 0.2) is 0 Å². The number of nitrogens with two attached hydrogens (primary N) is 2. The molecule has 1 saturated heterocycles. The Bertz CT molecular complexity index is 299. The van der Waals surface area contributed by atoms with Crippen LogP contribution in [0.4, 0.5) is 0 Å². The van der Waals surface area contributed by atoms with Crippen LogP contribution in [0, 0.1) is 5.92 Å². The maximum Gasteiger partial charge on any atom is 0.242 e. The number of nitrogens with zero attached hydrogens (tertiary/aromatic N) is 1. The molecule has 2 rings (SSSR count). The summed E-state index contributed by atoms with van der Waals surface area (Å²) in [5.41, 5.74) is 10.5. The van der Waals surface area contributed by atoms with E-state index in [9.17, 15) is 9.59 Å². The zero-order valence-electron chi connectivity index (χ0n) is 8.74. The summed E-state index contributed by atoms with van der Waals surface area (Å²) in [4.78, 5) is 24.6. The minimum atomic E-state index is -0.625. The number of hydrogen-bond acceptors (Lipinski definition) is 3. The zero-order valence-corrected chi connectivity index (χ0v) is 8.74. The van der Waals surface area contributed by atoms with Crippen molar-refractivity contribution in [2.45, 2.75) is 31.2 Å². The van der Waals surface area contributed by atoms with E-state index in [1.165, 1.54) is 0 Å². The third-order valence-corrected chi connectivity index (χ3v) is 3.33. The Kier molecular flexibility index (Phi) is 2.42. The lowest BCUT2D eigenvalue weighted by atomic mass is 9.97. The van der Waals surface area contributed by atoms with E-state index in [4.69, 9.17) is 11.5 Å². The van der Waals surface area contributed by atoms with Gasteiger partial charge < -0.3 is 16.4 Å². The van der Waals surface area contributed by atoms with Gasteiger partial charge in [0, 0.05) is 13.1 Å². The van der Waals surface area contributed by atoms with Crippen LogP contribution in [0.2, 0.25) is 0 Å². The monoisotopic (exact) mass is 211 g/mol. The highest BCUT2D eigenvalue weighted by Gasteiger charge is 2.48. The minimum absolute atomic E-state index is 0.00606. The van der Waals surface area contributed by atoms with Crippen molar-refractivity contribution in [2.24, 2.45) is 17.4 Å². The fraction of sp³-hybridized carbons (Fsp3) is 0.800. The van der Waals surface area contributed by atoms with Crippen molar-refractivity contribution in [3.8, 4) is 0 Å². The van der Waals surface area contributed by atoms with Gasteiger partial charge in [-0.05, 0) is 25.7 Å². The SMILES string of the molecule is NC(=O)C1CCCN(C(=O)C2(N)CC2)C1. The van der Waals surface area contributed by atoms with Gasteiger partial charge in [-0.2, -0.15) is 0 Å². The van der Waals surface area contributed by atoms with Crippen molar-refractivity contribution in [1.29, 1.82) is 0 Å². The summed E-state index contributed by atoms with van der Waals surface area (Å²) in [5.74, 6) is -0.507. The topological polar surface area (TPSA) is 89.4 Å². The van der Waals surface area contributed by atoms with E-state index in [1.54, 1.807) is 4.90 Å². The molecular formula is C10H17N3O2. The van der Waals surface area contributed by atoms with Gasteiger partial charge in [0.05, 0.1) is 11.5 Å². The second-order valence-corrected chi connectivity index (χ2v) is 4.65. The molecule has 0 aromatic rings. The van der Waals surface area contributed by atoms with E-state index in [1.807, 2.05) is 0 Å². The summed E-state index contributed by atoms with van der Waals surface area (Å²) < 4.78 is 0. The van der Waals surface area contributed by atoms with Crippen LogP contribution in [0.25, 0.3) is 0 Å². The van der Waals surface area contributed by atoms with Gasteiger partial charge in [0.15, 0.2) is 0 Å². The molecule has 1 heterocycles. The zero-order chi connectivity index (χ0) is 11.1. The first kappa shape index (κ1) is 10.4. The highest BCUT2D eigenvalue weighted by atomic mass is 16.2. The van der Waals surface area contributed by atoms with E-state index < -0.39 is 5.54 Å². The normalized spacial score (nSPS) is 28.6. The molecular weight excluding hydrogens is 194 g/mol. The molecule has 84 valence electrons. The van der Waals surface area contributed by atoms with Crippen molar-refractivity contribution >= 4 is 11.8 Å². The molecule has 1 atom stereocenters. The van der Waals surface area contributed by atoms with Gasteiger partial charge in [0.2, 0.25) is 11.8 Å². The second-order valence-electron chi connectivity index (χ2n) is 4.65. The molecule has 0 radical (unpaired) electrons. The summed E-state index contributed by atoms with van der Waals surface area (Å²) in [6.45, 7) is 1.16. The van der Waals surface area contributed by atoms with Gasteiger partial charge in [-0.25, -0.2) is 0 Å². The van der Waals surface area contributed by atoms with Gasteiger partial charge in [0.25, 0.3) is 0 Å². The number of amides is 2. The molecule has 0 spiro atoms. The minimum Gasteiger partial charge on any atom is -0.369 e. The Labute approximate surface area is 88.8 Å². The lowest BCUT2D eigenvalue weighted by Crippen LogP contribution is -2.51. The van der Waals surface area contributed by atoms with E-state index in [0.29, 0.717) is 13.1 Å². The summed E-state index contributed by atoms with van der Waals surface area (Å²) in [6, 6.07) is 0. The number of carbonyl (C=O) groups is 2. The van der Waals surface area contributed by atoms with Crippen LogP contribution in [0.5, 0.6) is 0 Å². The van der Waals surface area contributed by atoms with Crippen molar-refractivity contribution in [1.82, 2.24) is 4.90 Å². The summed E-state index contributed by atoms with van der Waals surface area (Å²) >= 11 is 0. The van der Waals surface area contributed by atoms with Gasteiger partial charge in [0.1, 0.15) is 0 Å². The molecule has 4 N–H and O–H groups in total. The van der Waals surface area contributed by atoms with Crippen LogP contribution in [0.3, 0.4) is 0 Å². The standard InChI is InChI=1S/C10H17N3O2/c11-8(14)7-2-1-5-13(6-7)9(15)10(12)3-4-10/h7H,1-6,12H2,(H2,11,14). The Morgan fingerprint density at radius 2 is 2.00 bits per heavy atom. The second kappa shape index (κ2) is 3.48. The first-order valence-electron chi connectivity index (χ1n) is 5.40. The average Bonchev–Trinajstić information content (AvgIpc) is 2.97. The largest absolute Gasteiger partial charge is 0.369 e. The van der Waals surface area contributed by atoms with Crippen LogP contribution < -0.4 is 11.5 Å². The summed E-state index contributed by atoms with van der Waals surface area (Å²) in [5, 5.41) is 0. The molecule has 1 aliphatic carbocycles. The first-order valence-corrected chi connectivity index (χ1v) is 5.40. The molecule has 15 heavy (non-hydrogen) atoms. The van der Waals surface area contributed by atoms with Gasteiger partial charge in [-0.15, -0.1) is 0 Å². The summed E-state index contributed by atoms with van der Waals surface area (Å²) in [7, 11) is 0. The van der Waals surface area contributed by atoms with Crippen molar-refractivity contribution in [3.05, 3.63) is 0 Å². The lowest BCUT2D eigenvalue weighted by molar-refractivity contribution is -0.137. The molecule has 1 saturated carbocycles. The molecule has 0 aromatic carbocycles. The number of carbonyl (C=O) groups excluding carboxylic acids is 2. The van der Waals surface area contributed by atoms with Crippen LogP contribution >= 0.6 is 0 Å². The van der Waals surface area contributed by atoms with E-state index in [-0.39, 0.29) is 17.7 Å². The predicted octanol–water partition coefficient (Wildman–Crippen LogP) is -0.798. The fourth-order valence-corrected chi connectivity index (χ4v) is 2.06. The number of piperidine rings is 1. The van der Waals surface area contributed by atoms with Crippen LogP contribution in [-0.4, -0.2) is 35.3 Å². The van der Waals surface area contributed by atoms with Crippen molar-refractivity contribution in [2.75, 3.05) is 13.1 Å². The van der Waals surface area contributed by atoms with Gasteiger partial charge in [-0.1, -0.05) is 0 Å². The maximum absolute atomic E-state index is 11.9. The molecule has 5 heteroatoms. The molecule has 0 aromatic heterocycles. The molecule has 0 bridgehead atoms. The third-order valence-electron chi connectivity index (χ3n) is 3.33. The van der Waals surface area contributed by atoms with E-state index >= 15 is 0 Å². The average molecular weight is 211 g/mol. The molecule has 2 aliphatic rings. The molecule has 2 amide bonds. The molecule has 5 nitrogen and oxygen atoms in total. The Morgan fingerprint density at radius 1 is 1.33 bits per heavy atom. The van der Waals surface area contributed by atoms with Crippen LogP contribution in [0.1, 0.15) is 25.7 Å². The first-order chi connectivity index (χ1) is 7.03. The third kappa shape index (κ3) is 1.97. The quantitative estimate of drug-likeness (QED) is 0.626. The molecule has 2 fully saturated rings. The molecule has 1 aliphatic heterocycles. The Morgan fingerprint density at radius 3 is 2.53 bits per heavy atom. The molecule has 1 unspecified atom stereocenters. The van der Waals surface area contributed by atoms with Gasteiger partial charge in [-0.3, -0.25) is 9.59 Å². The van der Waals surface area contributed by atoms with Crippen LogP contribution in [-0.2, 0) is 9.59 Å². The number of hydrogen-bond donors (Lipinski definition) is 2. The van der Waals surface area contributed by atoms with Crippen molar-refractivity contribution in [3.63, 3.8) is 0 Å².